The fourth-order valence-corrected chi connectivity index (χ4v) is 3.35. The van der Waals surface area contributed by atoms with Gasteiger partial charge in [0.1, 0.15) is 0 Å². The molecule has 0 unspecified atom stereocenters. The van der Waals surface area contributed by atoms with Gasteiger partial charge >= 0.3 is 0 Å². The third-order valence-corrected chi connectivity index (χ3v) is 4.79. The fourth-order valence-electron chi connectivity index (χ4n) is 2.81. The van der Waals surface area contributed by atoms with Crippen LogP contribution in [0.1, 0.15) is 40.0 Å². The fraction of sp³-hybridized carbons (Fsp3) is 0.263. The maximum absolute atomic E-state index is 12.4. The molecule has 0 bridgehead atoms. The Kier molecular flexibility index (Phi) is 5.50. The quantitative estimate of drug-likeness (QED) is 0.738. The van der Waals surface area contributed by atoms with Crippen molar-refractivity contribution in [1.29, 1.82) is 0 Å². The van der Waals surface area contributed by atoms with E-state index in [1.54, 1.807) is 30.3 Å². The molecule has 0 radical (unpaired) electrons. The zero-order valence-corrected chi connectivity index (χ0v) is 15.5. The SMILES string of the molecule is O=C(Nc1ccc(C(=O)N2CCCCC2)cc1)c1cccc(I)c1. The number of amides is 2. The Morgan fingerprint density at radius 3 is 2.29 bits per heavy atom. The smallest absolute Gasteiger partial charge is 0.255 e. The van der Waals surface area contributed by atoms with Gasteiger partial charge in [-0.3, -0.25) is 9.59 Å². The molecular weight excluding hydrogens is 415 g/mol. The summed E-state index contributed by atoms with van der Waals surface area (Å²) in [6.45, 7) is 1.67. The van der Waals surface area contributed by atoms with Crippen molar-refractivity contribution in [3.8, 4) is 0 Å². The number of carbonyl (C=O) groups excluding carboxylic acids is 2. The number of likely N-dealkylation sites (tertiary alicyclic amines) is 1. The van der Waals surface area contributed by atoms with Gasteiger partial charge in [-0.15, -0.1) is 0 Å². The lowest BCUT2D eigenvalue weighted by Gasteiger charge is -2.26. The van der Waals surface area contributed by atoms with E-state index in [0.717, 1.165) is 29.5 Å². The lowest BCUT2D eigenvalue weighted by atomic mass is 10.1. The van der Waals surface area contributed by atoms with E-state index in [-0.39, 0.29) is 11.8 Å². The van der Waals surface area contributed by atoms with E-state index in [0.29, 0.717) is 16.8 Å². The number of nitrogens with zero attached hydrogens (tertiary/aromatic N) is 1. The minimum Gasteiger partial charge on any atom is -0.339 e. The van der Waals surface area contributed by atoms with Crippen LogP contribution in [0, 0.1) is 3.57 Å². The number of rotatable bonds is 3. The maximum Gasteiger partial charge on any atom is 0.255 e. The van der Waals surface area contributed by atoms with Crippen LogP contribution in [0.5, 0.6) is 0 Å². The molecule has 124 valence electrons. The molecule has 0 aromatic heterocycles. The molecule has 1 heterocycles. The number of anilines is 1. The molecule has 1 saturated heterocycles. The molecule has 0 saturated carbocycles. The van der Waals surface area contributed by atoms with E-state index in [1.165, 1.54) is 6.42 Å². The highest BCUT2D eigenvalue weighted by atomic mass is 127. The summed E-state index contributed by atoms with van der Waals surface area (Å²) in [5.74, 6) is -0.0752. The molecule has 1 N–H and O–H groups in total. The highest BCUT2D eigenvalue weighted by molar-refractivity contribution is 14.1. The van der Waals surface area contributed by atoms with Crippen molar-refractivity contribution in [2.24, 2.45) is 0 Å². The van der Waals surface area contributed by atoms with Crippen LogP contribution >= 0.6 is 22.6 Å². The molecule has 0 atom stereocenters. The molecule has 5 heteroatoms. The molecule has 1 fully saturated rings. The van der Waals surface area contributed by atoms with Crippen LogP contribution in [-0.2, 0) is 0 Å². The van der Waals surface area contributed by atoms with Crippen molar-refractivity contribution < 1.29 is 9.59 Å². The molecule has 2 aromatic carbocycles. The highest BCUT2D eigenvalue weighted by Crippen LogP contribution is 2.16. The summed E-state index contributed by atoms with van der Waals surface area (Å²) >= 11 is 2.18. The molecule has 1 aliphatic heterocycles. The molecule has 24 heavy (non-hydrogen) atoms. The van der Waals surface area contributed by atoms with Gasteiger partial charge in [0.15, 0.2) is 0 Å². The van der Waals surface area contributed by atoms with Crippen LogP contribution in [-0.4, -0.2) is 29.8 Å². The molecular formula is C19H19IN2O2. The van der Waals surface area contributed by atoms with Crippen LogP contribution in [0.25, 0.3) is 0 Å². The zero-order valence-electron chi connectivity index (χ0n) is 13.3. The van der Waals surface area contributed by atoms with Crippen LogP contribution in [0.15, 0.2) is 48.5 Å². The number of hydrogen-bond donors (Lipinski definition) is 1. The van der Waals surface area contributed by atoms with E-state index in [1.807, 2.05) is 23.1 Å². The Bertz CT molecular complexity index is 737. The van der Waals surface area contributed by atoms with E-state index in [2.05, 4.69) is 27.9 Å². The standard InChI is InChI=1S/C19H19IN2O2/c20-16-6-4-5-15(13-16)18(23)21-17-9-7-14(8-10-17)19(24)22-11-2-1-3-12-22/h4-10,13H,1-3,11-12H2,(H,21,23). The average Bonchev–Trinajstić information content (AvgIpc) is 2.62. The van der Waals surface area contributed by atoms with E-state index in [9.17, 15) is 9.59 Å². The molecule has 2 aromatic rings. The Morgan fingerprint density at radius 1 is 0.917 bits per heavy atom. The van der Waals surface area contributed by atoms with Gasteiger partial charge in [0, 0.05) is 33.5 Å². The summed E-state index contributed by atoms with van der Waals surface area (Å²) in [5.41, 5.74) is 1.98. The molecule has 4 nitrogen and oxygen atoms in total. The average molecular weight is 434 g/mol. The Hall–Kier alpha value is -1.89. The molecule has 1 aliphatic rings. The molecule has 0 aliphatic carbocycles. The van der Waals surface area contributed by atoms with Gasteiger partial charge in [-0.1, -0.05) is 6.07 Å². The van der Waals surface area contributed by atoms with Crippen molar-refractivity contribution in [1.82, 2.24) is 4.90 Å². The summed E-state index contributed by atoms with van der Waals surface area (Å²) in [7, 11) is 0. The van der Waals surface area contributed by atoms with E-state index < -0.39 is 0 Å². The minimum atomic E-state index is -0.149. The highest BCUT2D eigenvalue weighted by Gasteiger charge is 2.18. The number of nitrogens with one attached hydrogen (secondary N) is 1. The maximum atomic E-state index is 12.4. The Balaban J connectivity index is 1.66. The van der Waals surface area contributed by atoms with Gasteiger partial charge in [-0.2, -0.15) is 0 Å². The monoisotopic (exact) mass is 434 g/mol. The van der Waals surface area contributed by atoms with Crippen molar-refractivity contribution in [2.45, 2.75) is 19.3 Å². The van der Waals surface area contributed by atoms with Gasteiger partial charge in [0.25, 0.3) is 11.8 Å². The number of halogens is 1. The topological polar surface area (TPSA) is 49.4 Å². The number of carbonyl (C=O) groups is 2. The molecule has 3 rings (SSSR count). The predicted molar refractivity (Wildman–Crippen MR) is 103 cm³/mol. The zero-order chi connectivity index (χ0) is 16.9. The first-order valence-electron chi connectivity index (χ1n) is 8.10. The summed E-state index contributed by atoms with van der Waals surface area (Å²) < 4.78 is 1.02. The van der Waals surface area contributed by atoms with Crippen molar-refractivity contribution in [3.63, 3.8) is 0 Å². The summed E-state index contributed by atoms with van der Waals surface area (Å²) in [5, 5.41) is 2.86. The van der Waals surface area contributed by atoms with Crippen molar-refractivity contribution >= 4 is 40.1 Å². The van der Waals surface area contributed by atoms with E-state index >= 15 is 0 Å². The predicted octanol–water partition coefficient (Wildman–Crippen LogP) is 4.17. The van der Waals surface area contributed by atoms with Gasteiger partial charge < -0.3 is 10.2 Å². The van der Waals surface area contributed by atoms with Crippen LogP contribution in [0.3, 0.4) is 0 Å². The third kappa shape index (κ3) is 4.14. The van der Waals surface area contributed by atoms with Crippen molar-refractivity contribution in [3.05, 3.63) is 63.2 Å². The third-order valence-electron chi connectivity index (χ3n) is 4.12. The van der Waals surface area contributed by atoms with Crippen LogP contribution < -0.4 is 5.32 Å². The number of piperidine rings is 1. The number of benzene rings is 2. The first-order chi connectivity index (χ1) is 11.6. The summed E-state index contributed by atoms with van der Waals surface area (Å²) in [6, 6.07) is 14.5. The lowest BCUT2D eigenvalue weighted by molar-refractivity contribution is 0.0724. The first-order valence-corrected chi connectivity index (χ1v) is 9.17. The second kappa shape index (κ2) is 7.79. The van der Waals surface area contributed by atoms with E-state index in [4.69, 9.17) is 0 Å². The second-order valence-corrected chi connectivity index (χ2v) is 7.14. The summed E-state index contributed by atoms with van der Waals surface area (Å²) in [6.07, 6.45) is 3.36. The Labute approximate surface area is 155 Å². The largest absolute Gasteiger partial charge is 0.339 e. The van der Waals surface area contributed by atoms with Gasteiger partial charge in [-0.25, -0.2) is 0 Å². The second-order valence-electron chi connectivity index (χ2n) is 5.89. The van der Waals surface area contributed by atoms with Gasteiger partial charge in [0.2, 0.25) is 0 Å². The van der Waals surface area contributed by atoms with Gasteiger partial charge in [-0.05, 0) is 84.3 Å². The first kappa shape index (κ1) is 17.0. The normalized spacial score (nSPS) is 14.3. The van der Waals surface area contributed by atoms with Crippen LogP contribution in [0.2, 0.25) is 0 Å². The molecule has 2 amide bonds. The minimum absolute atomic E-state index is 0.0742. The lowest BCUT2D eigenvalue weighted by Crippen LogP contribution is -2.35. The number of hydrogen-bond acceptors (Lipinski definition) is 2. The molecule has 0 spiro atoms. The Morgan fingerprint density at radius 2 is 1.62 bits per heavy atom. The van der Waals surface area contributed by atoms with Crippen molar-refractivity contribution in [2.75, 3.05) is 18.4 Å². The van der Waals surface area contributed by atoms with Gasteiger partial charge in [0.05, 0.1) is 0 Å². The summed E-state index contributed by atoms with van der Waals surface area (Å²) in [4.78, 5) is 26.6. The van der Waals surface area contributed by atoms with Crippen LogP contribution in [0.4, 0.5) is 5.69 Å².